The molecule has 0 amide bonds. The van der Waals surface area contributed by atoms with Crippen molar-refractivity contribution in [2.45, 2.75) is 33.1 Å². The van der Waals surface area contributed by atoms with Crippen molar-refractivity contribution in [3.63, 3.8) is 0 Å². The van der Waals surface area contributed by atoms with E-state index in [1.54, 1.807) is 6.07 Å². The van der Waals surface area contributed by atoms with Crippen LogP contribution in [0.15, 0.2) is 36.4 Å². The first kappa shape index (κ1) is 22.7. The Kier molecular flexibility index (Phi) is 6.57. The van der Waals surface area contributed by atoms with Gasteiger partial charge in [0, 0.05) is 17.2 Å². The molecule has 0 fully saturated rings. The molecule has 0 aliphatic rings. The molecular formula is C23H17F7O. The molecule has 0 radical (unpaired) electrons. The van der Waals surface area contributed by atoms with Crippen molar-refractivity contribution in [2.75, 3.05) is 0 Å². The smallest absolute Gasteiger partial charge is 0.264 e. The van der Waals surface area contributed by atoms with Gasteiger partial charge in [-0.3, -0.25) is 0 Å². The third kappa shape index (κ3) is 4.52. The lowest BCUT2D eigenvalue weighted by Crippen LogP contribution is -2.01. The zero-order chi connectivity index (χ0) is 22.9. The Bertz CT molecular complexity index is 1100. The van der Waals surface area contributed by atoms with E-state index in [9.17, 15) is 30.7 Å². The van der Waals surface area contributed by atoms with Gasteiger partial charge in [-0.2, -0.15) is 0 Å². The van der Waals surface area contributed by atoms with Gasteiger partial charge in [-0.05, 0) is 48.2 Å². The SMILES string of the molecule is CCCc1ccc(-c2cc(F)c(Oc3cc(F)c(F)c(F)c3C)c(F)c2)c(C(F)F)c1. The highest BCUT2D eigenvalue weighted by Gasteiger charge is 2.22. The Labute approximate surface area is 174 Å². The van der Waals surface area contributed by atoms with E-state index in [1.165, 1.54) is 12.1 Å². The quantitative estimate of drug-likeness (QED) is 0.277. The summed E-state index contributed by atoms with van der Waals surface area (Å²) in [7, 11) is 0. The van der Waals surface area contributed by atoms with Crippen LogP contribution in [0, 0.1) is 36.0 Å². The summed E-state index contributed by atoms with van der Waals surface area (Å²) in [4.78, 5) is 0. The number of benzene rings is 3. The summed E-state index contributed by atoms with van der Waals surface area (Å²) in [5, 5.41) is 0. The third-order valence-electron chi connectivity index (χ3n) is 4.77. The van der Waals surface area contributed by atoms with Crippen molar-refractivity contribution in [1.29, 1.82) is 0 Å². The lowest BCUT2D eigenvalue weighted by molar-refractivity contribution is 0.152. The number of rotatable bonds is 6. The summed E-state index contributed by atoms with van der Waals surface area (Å²) < 4.78 is 102. The topological polar surface area (TPSA) is 9.23 Å². The normalized spacial score (nSPS) is 11.3. The number of ether oxygens (including phenoxy) is 1. The van der Waals surface area contributed by atoms with Crippen LogP contribution in [-0.4, -0.2) is 0 Å². The molecule has 3 rings (SSSR count). The summed E-state index contributed by atoms with van der Waals surface area (Å²) in [5.74, 6) is -9.08. The molecule has 164 valence electrons. The van der Waals surface area contributed by atoms with E-state index in [4.69, 9.17) is 4.74 Å². The van der Waals surface area contributed by atoms with E-state index in [2.05, 4.69) is 0 Å². The van der Waals surface area contributed by atoms with Gasteiger partial charge in [0.2, 0.25) is 0 Å². The zero-order valence-corrected chi connectivity index (χ0v) is 16.5. The summed E-state index contributed by atoms with van der Waals surface area (Å²) in [6.45, 7) is 2.93. The lowest BCUT2D eigenvalue weighted by atomic mass is 9.96. The van der Waals surface area contributed by atoms with Crippen LogP contribution in [0.25, 0.3) is 11.1 Å². The minimum Gasteiger partial charge on any atom is -0.451 e. The first-order valence-corrected chi connectivity index (χ1v) is 9.36. The molecule has 0 aliphatic carbocycles. The molecule has 0 saturated carbocycles. The molecule has 0 atom stereocenters. The number of aryl methyl sites for hydroxylation is 1. The van der Waals surface area contributed by atoms with Crippen molar-refractivity contribution in [3.05, 3.63) is 82.2 Å². The minimum absolute atomic E-state index is 0.0609. The van der Waals surface area contributed by atoms with E-state index in [1.807, 2.05) is 6.92 Å². The molecule has 0 aliphatic heterocycles. The average molecular weight is 442 g/mol. The molecule has 0 unspecified atom stereocenters. The molecule has 0 N–H and O–H groups in total. The number of halogens is 7. The van der Waals surface area contributed by atoms with Crippen molar-refractivity contribution in [2.24, 2.45) is 0 Å². The predicted molar refractivity (Wildman–Crippen MR) is 102 cm³/mol. The molecule has 0 spiro atoms. The number of hydrogen-bond donors (Lipinski definition) is 0. The molecule has 0 bridgehead atoms. The highest BCUT2D eigenvalue weighted by atomic mass is 19.3. The van der Waals surface area contributed by atoms with Crippen LogP contribution < -0.4 is 4.74 Å². The highest BCUT2D eigenvalue weighted by molar-refractivity contribution is 5.69. The molecule has 1 nitrogen and oxygen atoms in total. The summed E-state index contributed by atoms with van der Waals surface area (Å²) >= 11 is 0. The Morgan fingerprint density at radius 1 is 0.839 bits per heavy atom. The maximum atomic E-state index is 14.6. The number of hydrogen-bond acceptors (Lipinski definition) is 1. The number of alkyl halides is 2. The third-order valence-corrected chi connectivity index (χ3v) is 4.77. The minimum atomic E-state index is -2.87. The summed E-state index contributed by atoms with van der Waals surface area (Å²) in [5.41, 5.74) is -0.424. The average Bonchev–Trinajstić information content (AvgIpc) is 2.72. The van der Waals surface area contributed by atoms with Crippen LogP contribution in [0.1, 0.15) is 36.5 Å². The van der Waals surface area contributed by atoms with E-state index >= 15 is 0 Å². The van der Waals surface area contributed by atoms with Crippen molar-refractivity contribution >= 4 is 0 Å². The van der Waals surface area contributed by atoms with Crippen LogP contribution >= 0.6 is 0 Å². The fourth-order valence-corrected chi connectivity index (χ4v) is 3.19. The van der Waals surface area contributed by atoms with Gasteiger partial charge in [0.25, 0.3) is 6.43 Å². The van der Waals surface area contributed by atoms with Crippen molar-refractivity contribution in [3.8, 4) is 22.6 Å². The van der Waals surface area contributed by atoms with Gasteiger partial charge in [0.15, 0.2) is 34.8 Å². The Morgan fingerprint density at radius 3 is 2.06 bits per heavy atom. The fraction of sp³-hybridized carbons (Fsp3) is 0.217. The van der Waals surface area contributed by atoms with Crippen LogP contribution in [-0.2, 0) is 6.42 Å². The maximum absolute atomic E-state index is 14.6. The zero-order valence-electron chi connectivity index (χ0n) is 16.5. The Balaban J connectivity index is 2.04. The second-order valence-corrected chi connectivity index (χ2v) is 6.95. The second-order valence-electron chi connectivity index (χ2n) is 6.95. The van der Waals surface area contributed by atoms with Crippen molar-refractivity contribution < 1.29 is 35.5 Å². The van der Waals surface area contributed by atoms with Gasteiger partial charge >= 0.3 is 0 Å². The van der Waals surface area contributed by atoms with Gasteiger partial charge in [0.1, 0.15) is 5.75 Å². The largest absolute Gasteiger partial charge is 0.451 e. The van der Waals surface area contributed by atoms with Gasteiger partial charge < -0.3 is 4.74 Å². The molecular weight excluding hydrogens is 425 g/mol. The Hall–Kier alpha value is -3.03. The maximum Gasteiger partial charge on any atom is 0.264 e. The molecule has 31 heavy (non-hydrogen) atoms. The van der Waals surface area contributed by atoms with E-state index in [0.29, 0.717) is 18.1 Å². The second kappa shape index (κ2) is 8.99. The first-order chi connectivity index (χ1) is 14.6. The van der Waals surface area contributed by atoms with Crippen LogP contribution in [0.5, 0.6) is 11.5 Å². The Morgan fingerprint density at radius 2 is 1.48 bits per heavy atom. The van der Waals surface area contributed by atoms with Crippen LogP contribution in [0.2, 0.25) is 0 Å². The molecule has 8 heteroatoms. The summed E-state index contributed by atoms with van der Waals surface area (Å²) in [6.07, 6.45) is -1.57. The van der Waals surface area contributed by atoms with Crippen LogP contribution in [0.4, 0.5) is 30.7 Å². The van der Waals surface area contributed by atoms with Gasteiger partial charge in [-0.25, -0.2) is 30.7 Å². The van der Waals surface area contributed by atoms with E-state index in [0.717, 1.165) is 25.5 Å². The van der Waals surface area contributed by atoms with Gasteiger partial charge in [-0.15, -0.1) is 0 Å². The monoisotopic (exact) mass is 442 g/mol. The highest BCUT2D eigenvalue weighted by Crippen LogP contribution is 2.38. The van der Waals surface area contributed by atoms with Crippen LogP contribution in [0.3, 0.4) is 0 Å². The van der Waals surface area contributed by atoms with Gasteiger partial charge in [0.05, 0.1) is 0 Å². The van der Waals surface area contributed by atoms with Gasteiger partial charge in [-0.1, -0.05) is 25.5 Å². The molecule has 0 saturated heterocycles. The van der Waals surface area contributed by atoms with E-state index < -0.39 is 52.6 Å². The fourth-order valence-electron chi connectivity index (χ4n) is 3.19. The first-order valence-electron chi connectivity index (χ1n) is 9.36. The molecule has 0 aromatic heterocycles. The molecule has 3 aromatic carbocycles. The molecule has 3 aromatic rings. The predicted octanol–water partition coefficient (Wildman–Crippen LogP) is 8.04. The lowest BCUT2D eigenvalue weighted by Gasteiger charge is -2.15. The van der Waals surface area contributed by atoms with E-state index in [-0.39, 0.29) is 16.7 Å². The standard InChI is InChI=1S/C23H17F7O/c1-3-4-12-5-6-14(15(7-12)23(29)30)13-8-17(25)22(18(26)9-13)31-19-10-16(24)21(28)20(27)11(19)2/h5-10,23H,3-4H2,1-2H3. The summed E-state index contributed by atoms with van der Waals surface area (Å²) in [6, 6.07) is 6.27. The van der Waals surface area contributed by atoms with Crippen molar-refractivity contribution in [1.82, 2.24) is 0 Å². The molecule has 0 heterocycles.